The van der Waals surface area contributed by atoms with Gasteiger partial charge in [0.1, 0.15) is 5.66 Å². The number of alkyl halides is 3. The molecule has 2 heterocycles. The number of hydrogen-bond acceptors (Lipinski definition) is 6. The molecule has 1 aromatic carbocycles. The molecule has 0 amide bonds. The summed E-state index contributed by atoms with van der Waals surface area (Å²) in [4.78, 5) is 6.25. The van der Waals surface area contributed by atoms with E-state index >= 15 is 0 Å². The number of halogens is 3. The van der Waals surface area contributed by atoms with Crippen molar-refractivity contribution in [3.63, 3.8) is 0 Å². The zero-order valence-electron chi connectivity index (χ0n) is 16.9. The second-order valence-electron chi connectivity index (χ2n) is 7.79. The average Bonchev–Trinajstić information content (AvgIpc) is 2.65. The lowest BCUT2D eigenvalue weighted by Gasteiger charge is -2.40. The highest BCUT2D eigenvalue weighted by Crippen LogP contribution is 2.36. The van der Waals surface area contributed by atoms with Crippen LogP contribution in [0.15, 0.2) is 35.0 Å². The molecule has 1 aromatic rings. The molecule has 2 aliphatic heterocycles. The fourth-order valence-electron chi connectivity index (χ4n) is 3.60. The van der Waals surface area contributed by atoms with E-state index in [1.165, 1.54) is 11.1 Å². The van der Waals surface area contributed by atoms with E-state index in [9.17, 15) is 13.2 Å². The van der Waals surface area contributed by atoms with E-state index in [2.05, 4.69) is 20.5 Å². The maximum atomic E-state index is 13.4. The van der Waals surface area contributed by atoms with Gasteiger partial charge < -0.3 is 21.1 Å². The van der Waals surface area contributed by atoms with E-state index in [-0.39, 0.29) is 5.96 Å². The number of nitrogens with zero attached hydrogens (tertiary/aromatic N) is 2. The summed E-state index contributed by atoms with van der Waals surface area (Å²) in [5.41, 5.74) is 6.69. The number of guanidine groups is 1. The van der Waals surface area contributed by atoms with Crippen LogP contribution in [0.3, 0.4) is 0 Å². The van der Waals surface area contributed by atoms with Crippen LogP contribution < -0.4 is 16.4 Å². The third kappa shape index (κ3) is 4.73. The van der Waals surface area contributed by atoms with Crippen LogP contribution in [0, 0.1) is 5.92 Å². The molecule has 0 spiro atoms. The van der Waals surface area contributed by atoms with Crippen molar-refractivity contribution in [1.82, 2.24) is 10.2 Å². The first-order valence-corrected chi connectivity index (χ1v) is 9.66. The predicted octanol–water partition coefficient (Wildman–Crippen LogP) is 2.82. The van der Waals surface area contributed by atoms with Crippen molar-refractivity contribution >= 4 is 11.6 Å². The van der Waals surface area contributed by atoms with Crippen LogP contribution in [0.1, 0.15) is 25.0 Å². The molecule has 6 nitrogen and oxygen atoms in total. The molecular weight excluding hydrogens is 383 g/mol. The van der Waals surface area contributed by atoms with E-state index < -0.39 is 23.3 Å². The van der Waals surface area contributed by atoms with Gasteiger partial charge in [-0.2, -0.15) is 13.2 Å². The number of benzene rings is 1. The number of rotatable bonds is 5. The lowest BCUT2D eigenvalue weighted by Crippen LogP contribution is -2.65. The first-order chi connectivity index (χ1) is 13.6. The van der Waals surface area contributed by atoms with E-state index in [1.54, 1.807) is 21.0 Å². The van der Waals surface area contributed by atoms with Crippen LogP contribution in [0.4, 0.5) is 18.9 Å². The predicted molar refractivity (Wildman–Crippen MR) is 107 cm³/mol. The number of hydrogen-bond donors (Lipinski definition) is 3. The summed E-state index contributed by atoms with van der Waals surface area (Å²) in [7, 11) is 1.69. The van der Waals surface area contributed by atoms with E-state index in [1.807, 2.05) is 18.2 Å². The quantitative estimate of drug-likeness (QED) is 0.695. The lowest BCUT2D eigenvalue weighted by molar-refractivity contribution is -0.105. The molecule has 0 aromatic heterocycles. The lowest BCUT2D eigenvalue weighted by atomic mass is 9.88. The van der Waals surface area contributed by atoms with Gasteiger partial charge in [0.2, 0.25) is 5.96 Å². The summed E-state index contributed by atoms with van der Waals surface area (Å²) in [5.74, 6) is -0.295. The van der Waals surface area contributed by atoms with Crippen LogP contribution >= 0.6 is 0 Å². The monoisotopic (exact) mass is 411 g/mol. The van der Waals surface area contributed by atoms with Gasteiger partial charge in [0.15, 0.2) is 0 Å². The first kappa shape index (κ1) is 21.6. The molecule has 0 saturated carbocycles. The Morgan fingerprint density at radius 2 is 2.10 bits per heavy atom. The van der Waals surface area contributed by atoms with Crippen LogP contribution in [0.25, 0.3) is 0 Å². The largest absolute Gasteiger partial charge is 0.417 e. The summed E-state index contributed by atoms with van der Waals surface area (Å²) >= 11 is 0. The minimum absolute atomic E-state index is 0.201. The SMILES string of the molecule is COCCN1CCc2cc(NC3=NC=C(C(F)(F)F)C(N)(C(C)C)N3)ccc2C1. The number of nitrogens with two attached hydrogens (primary N) is 1. The molecule has 4 N–H and O–H groups in total. The normalized spacial score (nSPS) is 22.6. The van der Waals surface area contributed by atoms with E-state index in [0.29, 0.717) is 6.61 Å². The Hall–Kier alpha value is -2.10. The van der Waals surface area contributed by atoms with Gasteiger partial charge >= 0.3 is 6.18 Å². The summed E-state index contributed by atoms with van der Waals surface area (Å²) in [6.07, 6.45) is -2.84. The first-order valence-electron chi connectivity index (χ1n) is 9.66. The van der Waals surface area contributed by atoms with Crippen LogP contribution in [0.5, 0.6) is 0 Å². The molecule has 0 saturated heterocycles. The number of fused-ring (bicyclic) bond motifs is 1. The standard InChI is InChI=1S/C20H28F3N5O/c1-13(2)19(24)17(20(21,22)23)11-25-18(27-19)26-16-5-4-15-12-28(8-9-29-3)7-6-14(15)10-16/h4-5,10-11,13H,6-9,12,24H2,1-3H3,(H2,25,26,27). The highest BCUT2D eigenvalue weighted by Gasteiger charge is 2.50. The second-order valence-corrected chi connectivity index (χ2v) is 7.79. The van der Waals surface area contributed by atoms with Crippen molar-refractivity contribution in [2.45, 2.75) is 38.7 Å². The van der Waals surface area contributed by atoms with Gasteiger partial charge in [-0.15, -0.1) is 0 Å². The third-order valence-electron chi connectivity index (χ3n) is 5.48. The van der Waals surface area contributed by atoms with E-state index in [0.717, 1.165) is 37.9 Å². The molecule has 160 valence electrons. The summed E-state index contributed by atoms with van der Waals surface area (Å²) < 4.78 is 45.2. The number of ether oxygens (including phenoxy) is 1. The summed E-state index contributed by atoms with van der Waals surface area (Å²) in [6.45, 7) is 6.67. The zero-order valence-corrected chi connectivity index (χ0v) is 16.9. The Kier molecular flexibility index (Phi) is 6.21. The molecule has 3 rings (SSSR count). The topological polar surface area (TPSA) is 74.9 Å². The van der Waals surface area contributed by atoms with E-state index in [4.69, 9.17) is 10.5 Å². The number of methoxy groups -OCH3 is 1. The maximum Gasteiger partial charge on any atom is 0.417 e. The Labute approximate surface area is 169 Å². The zero-order chi connectivity index (χ0) is 21.2. The molecule has 9 heteroatoms. The van der Waals surface area contributed by atoms with Crippen molar-refractivity contribution < 1.29 is 17.9 Å². The smallest absolute Gasteiger partial charge is 0.383 e. The van der Waals surface area contributed by atoms with Crippen LogP contribution in [-0.2, 0) is 17.7 Å². The van der Waals surface area contributed by atoms with Crippen LogP contribution in [-0.4, -0.2) is 49.5 Å². The van der Waals surface area contributed by atoms with Crippen molar-refractivity contribution in [3.05, 3.63) is 41.1 Å². The Bertz CT molecular complexity index is 806. The third-order valence-corrected chi connectivity index (χ3v) is 5.48. The van der Waals surface area contributed by atoms with Crippen molar-refractivity contribution in [2.75, 3.05) is 32.1 Å². The molecule has 0 fully saturated rings. The number of anilines is 1. The summed E-state index contributed by atoms with van der Waals surface area (Å²) in [6, 6.07) is 5.96. The van der Waals surface area contributed by atoms with Gasteiger partial charge in [0.05, 0.1) is 12.2 Å². The van der Waals surface area contributed by atoms with Gasteiger partial charge in [-0.3, -0.25) is 4.90 Å². The molecular formula is C20H28F3N5O. The van der Waals surface area contributed by atoms with Crippen molar-refractivity contribution in [1.29, 1.82) is 0 Å². The van der Waals surface area contributed by atoms with Gasteiger partial charge in [-0.1, -0.05) is 19.9 Å². The molecule has 0 radical (unpaired) electrons. The molecule has 0 aliphatic carbocycles. The maximum absolute atomic E-state index is 13.4. The number of nitrogens with one attached hydrogen (secondary N) is 2. The minimum atomic E-state index is -4.55. The van der Waals surface area contributed by atoms with Crippen LogP contribution in [0.2, 0.25) is 0 Å². The van der Waals surface area contributed by atoms with Gasteiger partial charge in [-0.25, -0.2) is 4.99 Å². The highest BCUT2D eigenvalue weighted by molar-refractivity contribution is 5.95. The Balaban J connectivity index is 1.76. The Morgan fingerprint density at radius 3 is 2.76 bits per heavy atom. The fraction of sp³-hybridized carbons (Fsp3) is 0.550. The van der Waals surface area contributed by atoms with Crippen molar-refractivity contribution in [3.8, 4) is 0 Å². The Morgan fingerprint density at radius 1 is 1.34 bits per heavy atom. The number of aliphatic imine (C=N–C) groups is 1. The fourth-order valence-corrected chi connectivity index (χ4v) is 3.60. The highest BCUT2D eigenvalue weighted by atomic mass is 19.4. The van der Waals surface area contributed by atoms with Crippen molar-refractivity contribution in [2.24, 2.45) is 16.6 Å². The molecule has 1 atom stereocenters. The molecule has 1 unspecified atom stereocenters. The molecule has 0 bridgehead atoms. The minimum Gasteiger partial charge on any atom is -0.383 e. The van der Waals surface area contributed by atoms with Gasteiger partial charge in [-0.05, 0) is 35.6 Å². The molecule has 29 heavy (non-hydrogen) atoms. The molecule has 2 aliphatic rings. The summed E-state index contributed by atoms with van der Waals surface area (Å²) in [5, 5.41) is 5.82. The average molecular weight is 411 g/mol. The second kappa shape index (κ2) is 8.33. The van der Waals surface area contributed by atoms with Gasteiger partial charge in [0.25, 0.3) is 0 Å². The van der Waals surface area contributed by atoms with Gasteiger partial charge in [0, 0.05) is 38.6 Å².